The lowest BCUT2D eigenvalue weighted by atomic mass is 10.2. The van der Waals surface area contributed by atoms with Crippen molar-refractivity contribution in [2.24, 2.45) is 0 Å². The van der Waals surface area contributed by atoms with Crippen molar-refractivity contribution in [2.75, 3.05) is 19.0 Å². The molecule has 0 radical (unpaired) electrons. The van der Waals surface area contributed by atoms with Crippen molar-refractivity contribution in [1.82, 2.24) is 4.98 Å². The molecule has 0 saturated heterocycles. The molecule has 0 spiro atoms. The van der Waals surface area contributed by atoms with E-state index in [2.05, 4.69) is 16.4 Å². The largest absolute Gasteiger partial charge is 0.493 e. The number of nitriles is 1. The van der Waals surface area contributed by atoms with Crippen LogP contribution in [0.3, 0.4) is 0 Å². The lowest BCUT2D eigenvalue weighted by molar-refractivity contribution is 0.378. The van der Waals surface area contributed by atoms with Crippen molar-refractivity contribution >= 4 is 5.69 Å². The summed E-state index contributed by atoms with van der Waals surface area (Å²) < 4.78 is 11.0. The SMILES string of the molecule is CCNc1cncc(Oc2ccc(C#N)cc2OC)c1. The van der Waals surface area contributed by atoms with Gasteiger partial charge < -0.3 is 14.8 Å². The van der Waals surface area contributed by atoms with Crippen molar-refractivity contribution in [1.29, 1.82) is 5.26 Å². The highest BCUT2D eigenvalue weighted by Gasteiger charge is 2.07. The van der Waals surface area contributed by atoms with Gasteiger partial charge in [-0.1, -0.05) is 0 Å². The summed E-state index contributed by atoms with van der Waals surface area (Å²) in [5.41, 5.74) is 1.41. The predicted molar refractivity (Wildman–Crippen MR) is 76.2 cm³/mol. The number of ether oxygens (including phenoxy) is 2. The first kappa shape index (κ1) is 13.7. The van der Waals surface area contributed by atoms with E-state index in [1.54, 1.807) is 30.6 Å². The van der Waals surface area contributed by atoms with E-state index in [1.807, 2.05) is 13.0 Å². The zero-order chi connectivity index (χ0) is 14.4. The van der Waals surface area contributed by atoms with E-state index < -0.39 is 0 Å². The lowest BCUT2D eigenvalue weighted by Gasteiger charge is -2.11. The van der Waals surface area contributed by atoms with Gasteiger partial charge in [-0.3, -0.25) is 4.98 Å². The van der Waals surface area contributed by atoms with E-state index in [1.165, 1.54) is 7.11 Å². The van der Waals surface area contributed by atoms with E-state index in [-0.39, 0.29) is 0 Å². The molecule has 0 unspecified atom stereocenters. The second-order valence-electron chi connectivity index (χ2n) is 4.02. The molecule has 0 aliphatic heterocycles. The fraction of sp³-hybridized carbons (Fsp3) is 0.200. The standard InChI is InChI=1S/C15H15N3O2/c1-3-18-12-7-13(10-17-9-12)20-14-5-4-11(8-16)6-15(14)19-2/h4-7,9-10,18H,3H2,1-2H3. The maximum atomic E-state index is 8.87. The van der Waals surface area contributed by atoms with Crippen LogP contribution in [0.2, 0.25) is 0 Å². The topological polar surface area (TPSA) is 67.2 Å². The molecule has 20 heavy (non-hydrogen) atoms. The number of nitrogens with zero attached hydrogens (tertiary/aromatic N) is 2. The zero-order valence-corrected chi connectivity index (χ0v) is 11.4. The Balaban J connectivity index is 2.25. The third-order valence-electron chi connectivity index (χ3n) is 2.61. The van der Waals surface area contributed by atoms with Crippen LogP contribution in [0, 0.1) is 11.3 Å². The maximum absolute atomic E-state index is 8.87. The van der Waals surface area contributed by atoms with E-state index in [9.17, 15) is 0 Å². The highest BCUT2D eigenvalue weighted by atomic mass is 16.5. The van der Waals surface area contributed by atoms with Crippen LogP contribution in [0.15, 0.2) is 36.7 Å². The smallest absolute Gasteiger partial charge is 0.169 e. The molecule has 0 saturated carbocycles. The third kappa shape index (κ3) is 3.18. The number of aromatic nitrogens is 1. The van der Waals surface area contributed by atoms with Crippen LogP contribution in [0.25, 0.3) is 0 Å². The molecule has 5 nitrogen and oxygen atoms in total. The van der Waals surface area contributed by atoms with E-state index in [0.717, 1.165) is 12.2 Å². The molecule has 1 aromatic heterocycles. The number of nitrogens with one attached hydrogen (secondary N) is 1. The quantitative estimate of drug-likeness (QED) is 0.902. The molecule has 2 aromatic rings. The fourth-order valence-corrected chi connectivity index (χ4v) is 1.72. The van der Waals surface area contributed by atoms with Crippen molar-refractivity contribution in [3.05, 3.63) is 42.2 Å². The van der Waals surface area contributed by atoms with E-state index in [0.29, 0.717) is 22.8 Å². The Morgan fingerprint density at radius 2 is 2.10 bits per heavy atom. The Kier molecular flexibility index (Phi) is 4.40. The first-order valence-electron chi connectivity index (χ1n) is 6.21. The first-order valence-corrected chi connectivity index (χ1v) is 6.21. The van der Waals surface area contributed by atoms with Crippen LogP contribution in [-0.2, 0) is 0 Å². The Morgan fingerprint density at radius 3 is 2.80 bits per heavy atom. The van der Waals surface area contributed by atoms with Gasteiger partial charge in [0.05, 0.1) is 36.8 Å². The highest BCUT2D eigenvalue weighted by Crippen LogP contribution is 2.32. The number of hydrogen-bond donors (Lipinski definition) is 1. The van der Waals surface area contributed by atoms with Crippen molar-refractivity contribution in [2.45, 2.75) is 6.92 Å². The number of pyridine rings is 1. The van der Waals surface area contributed by atoms with Gasteiger partial charge in [0.1, 0.15) is 5.75 Å². The molecular weight excluding hydrogens is 254 g/mol. The molecular formula is C15H15N3O2. The molecule has 1 N–H and O–H groups in total. The Bertz CT molecular complexity index is 635. The first-order chi connectivity index (χ1) is 9.76. The summed E-state index contributed by atoms with van der Waals surface area (Å²) in [6.45, 7) is 2.82. The average Bonchev–Trinajstić information content (AvgIpc) is 2.48. The second-order valence-corrected chi connectivity index (χ2v) is 4.02. The molecule has 5 heteroatoms. The summed E-state index contributed by atoms with van der Waals surface area (Å²) in [6, 6.07) is 8.94. The molecule has 0 atom stereocenters. The van der Waals surface area contributed by atoms with Crippen LogP contribution < -0.4 is 14.8 Å². The Labute approximate surface area is 117 Å². The van der Waals surface area contributed by atoms with Gasteiger partial charge in [-0.15, -0.1) is 0 Å². The van der Waals surface area contributed by atoms with E-state index in [4.69, 9.17) is 14.7 Å². The summed E-state index contributed by atoms with van der Waals surface area (Å²) in [5, 5.41) is 12.0. The van der Waals surface area contributed by atoms with Gasteiger partial charge >= 0.3 is 0 Å². The number of rotatable bonds is 5. The normalized spacial score (nSPS) is 9.65. The summed E-state index contributed by atoms with van der Waals surface area (Å²) >= 11 is 0. The van der Waals surface area contributed by atoms with Gasteiger partial charge in [0.15, 0.2) is 11.5 Å². The van der Waals surface area contributed by atoms with Crippen molar-refractivity contribution in [3.63, 3.8) is 0 Å². The number of anilines is 1. The van der Waals surface area contributed by atoms with Crippen LogP contribution >= 0.6 is 0 Å². The fourth-order valence-electron chi connectivity index (χ4n) is 1.72. The minimum Gasteiger partial charge on any atom is -0.493 e. The summed E-state index contributed by atoms with van der Waals surface area (Å²) in [7, 11) is 1.54. The second kappa shape index (κ2) is 6.43. The number of benzene rings is 1. The zero-order valence-electron chi connectivity index (χ0n) is 11.4. The summed E-state index contributed by atoms with van der Waals surface area (Å²) in [4.78, 5) is 4.11. The average molecular weight is 269 g/mol. The van der Waals surface area contributed by atoms with Crippen LogP contribution in [-0.4, -0.2) is 18.6 Å². The summed E-state index contributed by atoms with van der Waals surface area (Å²) in [5.74, 6) is 1.66. The number of methoxy groups -OCH3 is 1. The molecule has 1 aromatic carbocycles. The molecule has 0 fully saturated rings. The molecule has 1 heterocycles. The minimum absolute atomic E-state index is 0.512. The van der Waals surface area contributed by atoms with Crippen LogP contribution in [0.4, 0.5) is 5.69 Å². The maximum Gasteiger partial charge on any atom is 0.169 e. The lowest BCUT2D eigenvalue weighted by Crippen LogP contribution is -1.97. The molecule has 0 aliphatic carbocycles. The van der Waals surface area contributed by atoms with Gasteiger partial charge in [0.25, 0.3) is 0 Å². The third-order valence-corrected chi connectivity index (χ3v) is 2.61. The molecule has 0 bridgehead atoms. The molecule has 0 aliphatic rings. The van der Waals surface area contributed by atoms with Gasteiger partial charge in [0.2, 0.25) is 0 Å². The van der Waals surface area contributed by atoms with Crippen LogP contribution in [0.1, 0.15) is 12.5 Å². The molecule has 2 rings (SSSR count). The van der Waals surface area contributed by atoms with Crippen molar-refractivity contribution < 1.29 is 9.47 Å². The van der Waals surface area contributed by atoms with Gasteiger partial charge in [-0.05, 0) is 19.1 Å². The Hall–Kier alpha value is -2.74. The molecule has 102 valence electrons. The monoisotopic (exact) mass is 269 g/mol. The van der Waals surface area contributed by atoms with Gasteiger partial charge in [0, 0.05) is 18.7 Å². The van der Waals surface area contributed by atoms with Crippen molar-refractivity contribution in [3.8, 4) is 23.3 Å². The van der Waals surface area contributed by atoms with E-state index >= 15 is 0 Å². The summed E-state index contributed by atoms with van der Waals surface area (Å²) in [6.07, 6.45) is 3.35. The van der Waals surface area contributed by atoms with Gasteiger partial charge in [-0.25, -0.2) is 0 Å². The minimum atomic E-state index is 0.512. The highest BCUT2D eigenvalue weighted by molar-refractivity contribution is 5.50. The number of hydrogen-bond acceptors (Lipinski definition) is 5. The molecule has 0 amide bonds. The van der Waals surface area contributed by atoms with Gasteiger partial charge in [-0.2, -0.15) is 5.26 Å². The predicted octanol–water partition coefficient (Wildman–Crippen LogP) is 3.19. The Morgan fingerprint density at radius 1 is 1.25 bits per heavy atom. The van der Waals surface area contributed by atoms with Crippen LogP contribution in [0.5, 0.6) is 17.2 Å².